The Morgan fingerprint density at radius 2 is 0.656 bits per heavy atom. The summed E-state index contributed by atoms with van der Waals surface area (Å²) in [6.07, 6.45) is 0. The van der Waals surface area contributed by atoms with E-state index in [4.69, 9.17) is 9.47 Å². The quantitative estimate of drug-likeness (QED) is 0.0694. The van der Waals surface area contributed by atoms with Gasteiger partial charge in [-0.15, -0.1) is 0 Å². The van der Waals surface area contributed by atoms with Crippen molar-refractivity contribution in [1.82, 2.24) is 0 Å². The molecule has 0 atom stereocenters. The zero-order valence-corrected chi connectivity index (χ0v) is 35.6. The third-order valence-electron chi connectivity index (χ3n) is 11.1. The molecule has 0 radical (unpaired) electrons. The Morgan fingerprint density at radius 1 is 0.344 bits per heavy atom. The average Bonchev–Trinajstić information content (AvgIpc) is 3.33. The molecule has 9 aromatic rings. The number of anilines is 6. The lowest BCUT2D eigenvalue weighted by Crippen LogP contribution is -2.13. The van der Waals surface area contributed by atoms with Crippen LogP contribution in [0.3, 0.4) is 0 Å². The van der Waals surface area contributed by atoms with Crippen LogP contribution in [0.1, 0.15) is 13.8 Å². The van der Waals surface area contributed by atoms with Crippen LogP contribution in [0.4, 0.5) is 34.1 Å². The molecule has 0 unspecified atom stereocenters. The van der Waals surface area contributed by atoms with Crippen LogP contribution in [0.5, 0.6) is 11.5 Å². The number of carbonyl (C=O) groups excluding carboxylic acids is 2. The summed E-state index contributed by atoms with van der Waals surface area (Å²) in [5.74, 6) is 0.0500. The van der Waals surface area contributed by atoms with Crippen molar-refractivity contribution >= 4 is 67.6 Å². The second-order valence-corrected chi connectivity index (χ2v) is 15.7. The Hall–Kier alpha value is -8.48. The molecule has 0 aliphatic heterocycles. The van der Waals surface area contributed by atoms with E-state index in [1.807, 2.05) is 24.3 Å². The third-order valence-corrected chi connectivity index (χ3v) is 11.1. The van der Waals surface area contributed by atoms with Gasteiger partial charge in [0.25, 0.3) is 0 Å². The fraction of sp³-hybridized carbons (Fsp3) is 0.0345. The van der Waals surface area contributed by atoms with Crippen molar-refractivity contribution < 1.29 is 19.1 Å². The molecule has 6 nitrogen and oxygen atoms in total. The fourth-order valence-electron chi connectivity index (χ4n) is 7.72. The van der Waals surface area contributed by atoms with Gasteiger partial charge < -0.3 is 19.3 Å². The number of fused-ring (bicyclic) bond motifs is 2. The van der Waals surface area contributed by atoms with Gasteiger partial charge in [-0.25, -0.2) is 9.59 Å². The fourth-order valence-corrected chi connectivity index (χ4v) is 7.72. The van der Waals surface area contributed by atoms with E-state index in [0.29, 0.717) is 22.6 Å². The minimum atomic E-state index is -0.447. The van der Waals surface area contributed by atoms with Gasteiger partial charge in [0.2, 0.25) is 0 Å². The van der Waals surface area contributed by atoms with Crippen molar-refractivity contribution in [2.45, 2.75) is 13.8 Å². The van der Waals surface area contributed by atoms with Gasteiger partial charge in [0.05, 0.1) is 0 Å². The van der Waals surface area contributed by atoms with E-state index >= 15 is 0 Å². The van der Waals surface area contributed by atoms with Crippen molar-refractivity contribution in [3.05, 3.63) is 231 Å². The van der Waals surface area contributed by atoms with Gasteiger partial charge in [-0.1, -0.05) is 128 Å². The van der Waals surface area contributed by atoms with Crippen LogP contribution in [-0.2, 0) is 9.59 Å². The Kier molecular flexibility index (Phi) is 11.4. The zero-order valence-electron chi connectivity index (χ0n) is 35.6. The molecule has 0 aliphatic carbocycles. The van der Waals surface area contributed by atoms with E-state index in [1.54, 1.807) is 38.1 Å². The lowest BCUT2D eigenvalue weighted by Gasteiger charge is -2.30. The maximum atomic E-state index is 12.1. The minimum absolute atomic E-state index is 0.349. The Morgan fingerprint density at radius 3 is 1.02 bits per heavy atom. The normalized spacial score (nSPS) is 10.9. The molecular weight excluding hydrogens is 789 g/mol. The topological polar surface area (TPSA) is 59.1 Å². The van der Waals surface area contributed by atoms with Gasteiger partial charge in [0.1, 0.15) is 11.5 Å². The second kappa shape index (κ2) is 17.9. The number of ether oxygens (including phenoxy) is 2. The summed E-state index contributed by atoms with van der Waals surface area (Å²) >= 11 is 0. The molecule has 0 spiro atoms. The molecule has 6 heteroatoms. The second-order valence-electron chi connectivity index (χ2n) is 15.7. The third kappa shape index (κ3) is 8.80. The molecule has 9 aromatic carbocycles. The summed E-state index contributed by atoms with van der Waals surface area (Å²) < 4.78 is 10.9. The van der Waals surface area contributed by atoms with Crippen molar-refractivity contribution in [2.24, 2.45) is 0 Å². The summed E-state index contributed by atoms with van der Waals surface area (Å²) in [4.78, 5) is 28.8. The first kappa shape index (κ1) is 40.9. The van der Waals surface area contributed by atoms with Crippen LogP contribution in [-0.4, -0.2) is 11.9 Å². The van der Waals surface area contributed by atoms with Gasteiger partial charge >= 0.3 is 11.9 Å². The number of benzene rings is 9. The summed E-state index contributed by atoms with van der Waals surface area (Å²) in [6, 6.07) is 70.7. The Bertz CT molecular complexity index is 2980. The van der Waals surface area contributed by atoms with Crippen molar-refractivity contribution in [1.29, 1.82) is 0 Å². The van der Waals surface area contributed by atoms with Gasteiger partial charge in [-0.05, 0) is 149 Å². The monoisotopic (exact) mass is 832 g/mol. The molecule has 0 aliphatic rings. The number of hydrogen-bond donors (Lipinski definition) is 0. The van der Waals surface area contributed by atoms with E-state index < -0.39 is 11.9 Å². The highest BCUT2D eigenvalue weighted by molar-refractivity contribution is 5.93. The molecular formula is C58H44N2O4. The maximum absolute atomic E-state index is 12.1. The van der Waals surface area contributed by atoms with E-state index in [9.17, 15) is 9.59 Å². The number of hydrogen-bond acceptors (Lipinski definition) is 6. The molecule has 0 bridgehead atoms. The van der Waals surface area contributed by atoms with Crippen LogP contribution in [0, 0.1) is 0 Å². The number of carbonyl (C=O) groups is 2. The van der Waals surface area contributed by atoms with Crippen LogP contribution in [0.15, 0.2) is 231 Å². The smallest absolute Gasteiger partial charge is 0.338 e. The largest absolute Gasteiger partial charge is 0.423 e. The van der Waals surface area contributed by atoms with Gasteiger partial charge in [-0.2, -0.15) is 0 Å². The van der Waals surface area contributed by atoms with Crippen LogP contribution in [0.2, 0.25) is 0 Å². The SMILES string of the molecule is C=C(C)C(=O)Oc1ccc(-c2ccc(N(c3cccc(N(c4ccc(-c5ccc(OC(=O)C(=C)C)cc5)cc4)c4ccc5ccccc5c4)c3)c3ccc4ccccc4c3)cc2)cc1. The average molecular weight is 833 g/mol. The molecule has 0 saturated heterocycles. The molecule has 0 fully saturated rings. The summed E-state index contributed by atoms with van der Waals surface area (Å²) in [5.41, 5.74) is 10.8. The molecule has 0 N–H and O–H groups in total. The molecule has 310 valence electrons. The highest BCUT2D eigenvalue weighted by Crippen LogP contribution is 2.42. The predicted octanol–water partition coefficient (Wildman–Crippen LogP) is 15.2. The molecule has 0 saturated carbocycles. The summed E-state index contributed by atoms with van der Waals surface area (Å²) in [6.45, 7) is 10.6. The first-order valence-electron chi connectivity index (χ1n) is 21.0. The van der Waals surface area contributed by atoms with Gasteiger partial charge in [0.15, 0.2) is 0 Å². The molecule has 0 heterocycles. The zero-order chi connectivity index (χ0) is 44.2. The number of esters is 2. The lowest BCUT2D eigenvalue weighted by atomic mass is 10.0. The van der Waals surface area contributed by atoms with Crippen LogP contribution >= 0.6 is 0 Å². The maximum Gasteiger partial charge on any atom is 0.338 e. The number of nitrogens with zero attached hydrogens (tertiary/aromatic N) is 2. The Labute approximate surface area is 373 Å². The lowest BCUT2D eigenvalue weighted by molar-refractivity contribution is -0.130. The molecule has 9 rings (SSSR count). The van der Waals surface area contributed by atoms with E-state index in [-0.39, 0.29) is 0 Å². The summed E-state index contributed by atoms with van der Waals surface area (Å²) in [5, 5.41) is 4.62. The first-order chi connectivity index (χ1) is 31.2. The molecule has 0 aromatic heterocycles. The molecule has 64 heavy (non-hydrogen) atoms. The number of rotatable bonds is 12. The highest BCUT2D eigenvalue weighted by atomic mass is 16.5. The van der Waals surface area contributed by atoms with Gasteiger partial charge in [-0.3, -0.25) is 0 Å². The van der Waals surface area contributed by atoms with E-state index in [1.165, 1.54) is 10.8 Å². The van der Waals surface area contributed by atoms with Crippen molar-refractivity contribution in [3.63, 3.8) is 0 Å². The highest BCUT2D eigenvalue weighted by Gasteiger charge is 2.19. The Balaban J connectivity index is 1.10. The minimum Gasteiger partial charge on any atom is -0.423 e. The van der Waals surface area contributed by atoms with E-state index in [2.05, 4.69) is 181 Å². The van der Waals surface area contributed by atoms with Crippen molar-refractivity contribution in [3.8, 4) is 33.8 Å². The van der Waals surface area contributed by atoms with Crippen molar-refractivity contribution in [2.75, 3.05) is 9.80 Å². The molecule has 0 amide bonds. The standard InChI is InChI=1S/C58H44N2O4/c1-39(2)57(61)63-55-32-22-45(23-33-55)43-16-26-49(27-17-43)59(53-30-20-41-10-5-7-12-47(41)36-53)51-14-9-15-52(38-51)60(54-31-21-42-11-6-8-13-48(42)37-54)50-28-18-44(19-29-50)46-24-34-56(35-25-46)64-58(62)40(3)4/h5-38H,1,3H2,2,4H3. The predicted molar refractivity (Wildman–Crippen MR) is 263 cm³/mol. The van der Waals surface area contributed by atoms with Gasteiger partial charge in [0, 0.05) is 45.3 Å². The van der Waals surface area contributed by atoms with E-state index in [0.717, 1.165) is 67.2 Å². The van der Waals surface area contributed by atoms with Crippen LogP contribution < -0.4 is 19.3 Å². The van der Waals surface area contributed by atoms with Crippen LogP contribution in [0.25, 0.3) is 43.8 Å². The first-order valence-corrected chi connectivity index (χ1v) is 21.0. The summed E-state index contributed by atoms with van der Waals surface area (Å²) in [7, 11) is 0.